The zero-order valence-corrected chi connectivity index (χ0v) is 34.2. The van der Waals surface area contributed by atoms with E-state index >= 15 is 0 Å². The number of para-hydroxylation sites is 2. The molecule has 11 aromatic rings. The van der Waals surface area contributed by atoms with Crippen LogP contribution in [-0.4, -0.2) is 4.57 Å². The number of benzene rings is 9. The fourth-order valence-corrected chi connectivity index (χ4v) is 11.1. The Morgan fingerprint density at radius 1 is 0.400 bits per heavy atom. The fraction of sp³-hybridized carbons (Fsp3) is 0.0526. The molecule has 0 aliphatic heterocycles. The highest BCUT2D eigenvalue weighted by atomic mass is 32.1. The topological polar surface area (TPSA) is 8.17 Å². The molecular formula is C57H40N2S. The maximum Gasteiger partial charge on any atom is 0.0640 e. The number of rotatable bonds is 6. The third-order valence-electron chi connectivity index (χ3n) is 12.8. The van der Waals surface area contributed by atoms with Crippen LogP contribution in [-0.2, 0) is 5.41 Å². The molecule has 2 heterocycles. The molecule has 0 spiro atoms. The number of hydrogen-bond acceptors (Lipinski definition) is 2. The quantitative estimate of drug-likeness (QED) is 0.163. The third kappa shape index (κ3) is 5.33. The van der Waals surface area contributed by atoms with Gasteiger partial charge in [0.1, 0.15) is 0 Å². The van der Waals surface area contributed by atoms with Gasteiger partial charge in [-0.25, -0.2) is 0 Å². The van der Waals surface area contributed by atoms with E-state index in [-0.39, 0.29) is 5.41 Å². The summed E-state index contributed by atoms with van der Waals surface area (Å²) in [5.41, 5.74) is 17.2. The van der Waals surface area contributed by atoms with Gasteiger partial charge in [0.05, 0.1) is 21.4 Å². The fourth-order valence-electron chi connectivity index (χ4n) is 9.86. The van der Waals surface area contributed by atoms with E-state index in [1.54, 1.807) is 0 Å². The molecule has 2 aromatic heterocycles. The molecule has 0 amide bonds. The minimum atomic E-state index is -0.0796. The zero-order chi connectivity index (χ0) is 40.0. The van der Waals surface area contributed by atoms with Gasteiger partial charge in [0.25, 0.3) is 0 Å². The molecular weight excluding hydrogens is 745 g/mol. The summed E-state index contributed by atoms with van der Waals surface area (Å²) in [5, 5.41) is 5.16. The first-order valence-corrected chi connectivity index (χ1v) is 21.6. The summed E-state index contributed by atoms with van der Waals surface area (Å²) in [4.78, 5) is 2.39. The highest BCUT2D eigenvalue weighted by Gasteiger charge is 2.35. The van der Waals surface area contributed by atoms with Crippen LogP contribution in [0.2, 0.25) is 0 Å². The van der Waals surface area contributed by atoms with Gasteiger partial charge in [-0.2, -0.15) is 0 Å². The molecule has 284 valence electrons. The van der Waals surface area contributed by atoms with Gasteiger partial charge < -0.3 is 9.47 Å². The molecule has 0 unspecified atom stereocenters. The Labute approximate surface area is 353 Å². The van der Waals surface area contributed by atoms with Gasteiger partial charge in [-0.15, -0.1) is 11.3 Å². The highest BCUT2D eigenvalue weighted by Crippen LogP contribution is 2.51. The number of fused-ring (bicyclic) bond motifs is 9. The van der Waals surface area contributed by atoms with Crippen molar-refractivity contribution in [2.45, 2.75) is 19.3 Å². The first kappa shape index (κ1) is 34.8. The number of aromatic nitrogens is 1. The Kier molecular flexibility index (Phi) is 7.79. The van der Waals surface area contributed by atoms with Crippen molar-refractivity contribution in [2.75, 3.05) is 4.90 Å². The van der Waals surface area contributed by atoms with E-state index in [1.165, 1.54) is 92.2 Å². The Hall–Kier alpha value is -7.20. The van der Waals surface area contributed by atoms with E-state index < -0.39 is 0 Å². The van der Waals surface area contributed by atoms with Gasteiger partial charge in [0.15, 0.2) is 0 Å². The minimum Gasteiger partial charge on any atom is -0.310 e. The van der Waals surface area contributed by atoms with Crippen LogP contribution < -0.4 is 4.90 Å². The molecule has 60 heavy (non-hydrogen) atoms. The van der Waals surface area contributed by atoms with E-state index in [4.69, 9.17) is 0 Å². The zero-order valence-electron chi connectivity index (χ0n) is 33.4. The summed E-state index contributed by atoms with van der Waals surface area (Å²) >= 11 is 1.88. The van der Waals surface area contributed by atoms with Crippen LogP contribution in [0.3, 0.4) is 0 Å². The second-order valence-electron chi connectivity index (χ2n) is 16.5. The number of nitrogens with zero attached hydrogens (tertiary/aromatic N) is 2. The molecule has 2 nitrogen and oxygen atoms in total. The van der Waals surface area contributed by atoms with Gasteiger partial charge in [0, 0.05) is 48.7 Å². The molecule has 1 aliphatic rings. The number of anilines is 3. The predicted molar refractivity (Wildman–Crippen MR) is 257 cm³/mol. The summed E-state index contributed by atoms with van der Waals surface area (Å²) in [5.74, 6) is 0. The summed E-state index contributed by atoms with van der Waals surface area (Å²) in [6.45, 7) is 4.70. The van der Waals surface area contributed by atoms with E-state index in [9.17, 15) is 0 Å². The van der Waals surface area contributed by atoms with Crippen molar-refractivity contribution in [2.24, 2.45) is 0 Å². The molecule has 0 radical (unpaired) electrons. The van der Waals surface area contributed by atoms with Gasteiger partial charge in [0.2, 0.25) is 0 Å². The molecule has 9 aromatic carbocycles. The molecule has 1 aliphatic carbocycles. The molecule has 0 N–H and O–H groups in total. The van der Waals surface area contributed by atoms with Crippen molar-refractivity contribution in [3.63, 3.8) is 0 Å². The van der Waals surface area contributed by atoms with Crippen LogP contribution in [0.1, 0.15) is 25.0 Å². The van der Waals surface area contributed by atoms with E-state index in [2.05, 4.69) is 230 Å². The van der Waals surface area contributed by atoms with Crippen LogP contribution in [0.25, 0.3) is 81.0 Å². The molecule has 0 fully saturated rings. The van der Waals surface area contributed by atoms with Crippen molar-refractivity contribution in [1.29, 1.82) is 0 Å². The SMILES string of the molecule is CC1(C)c2ccccc2-c2ccc(N(c3ccccc3)c3cccc(-c4ccc(-c5ccc6c(c5)c5ccccc5n6-c5cccc6c5sc5ccccc56)cc4)c3)cc21. The van der Waals surface area contributed by atoms with Crippen LogP contribution in [0.4, 0.5) is 17.1 Å². The molecule has 0 saturated carbocycles. The second kappa shape index (κ2) is 13.4. The van der Waals surface area contributed by atoms with Gasteiger partial charge in [-0.1, -0.05) is 153 Å². The standard InChI is InChI=1S/C57H40N2S/c1-57(2)50-22-9-6-18-44(50)45-32-31-43(36-51(45)57)58(41-15-4-3-5-16-41)42-17-12-14-39(34-42)37-26-28-38(29-27-37)40-30-33-53-49(35-40)46-19-7-10-23-52(46)59(53)54-24-13-21-48-47-20-8-11-25-55(47)60-56(48)54/h3-36H,1-2H3. The van der Waals surface area contributed by atoms with Crippen molar-refractivity contribution >= 4 is 70.4 Å². The average molecular weight is 785 g/mol. The lowest BCUT2D eigenvalue weighted by atomic mass is 9.82. The molecule has 0 atom stereocenters. The Bertz CT molecular complexity index is 3460. The molecule has 12 rings (SSSR count). The Morgan fingerprint density at radius 2 is 1.02 bits per heavy atom. The first-order valence-electron chi connectivity index (χ1n) is 20.8. The van der Waals surface area contributed by atoms with Crippen LogP contribution in [0.5, 0.6) is 0 Å². The summed E-state index contributed by atoms with van der Waals surface area (Å²) in [6, 6.07) is 76.0. The maximum absolute atomic E-state index is 2.46. The average Bonchev–Trinajstić information content (AvgIpc) is 3.92. The third-order valence-corrected chi connectivity index (χ3v) is 14.0. The summed E-state index contributed by atoms with van der Waals surface area (Å²) < 4.78 is 5.10. The van der Waals surface area contributed by atoms with Crippen molar-refractivity contribution in [3.8, 4) is 39.1 Å². The molecule has 3 heteroatoms. The summed E-state index contributed by atoms with van der Waals surface area (Å²) in [7, 11) is 0. The van der Waals surface area contributed by atoms with Crippen LogP contribution in [0, 0.1) is 0 Å². The lowest BCUT2D eigenvalue weighted by Gasteiger charge is -2.28. The van der Waals surface area contributed by atoms with Crippen molar-refractivity contribution in [3.05, 3.63) is 217 Å². The monoisotopic (exact) mass is 784 g/mol. The minimum absolute atomic E-state index is 0.0796. The van der Waals surface area contributed by atoms with E-state index in [0.717, 1.165) is 17.1 Å². The number of hydrogen-bond donors (Lipinski definition) is 0. The van der Waals surface area contributed by atoms with Crippen LogP contribution in [0.15, 0.2) is 206 Å². The Morgan fingerprint density at radius 3 is 1.87 bits per heavy atom. The van der Waals surface area contributed by atoms with Gasteiger partial charge in [-0.3, -0.25) is 0 Å². The summed E-state index contributed by atoms with van der Waals surface area (Å²) in [6.07, 6.45) is 0. The Balaban J connectivity index is 0.910. The second-order valence-corrected chi connectivity index (χ2v) is 17.6. The largest absolute Gasteiger partial charge is 0.310 e. The normalized spacial score (nSPS) is 13.0. The lowest BCUT2D eigenvalue weighted by Crippen LogP contribution is -2.16. The predicted octanol–water partition coefficient (Wildman–Crippen LogP) is 16.3. The number of thiophene rings is 1. The lowest BCUT2D eigenvalue weighted by molar-refractivity contribution is 0.660. The van der Waals surface area contributed by atoms with E-state index in [1.807, 2.05) is 11.3 Å². The van der Waals surface area contributed by atoms with Crippen LogP contribution >= 0.6 is 11.3 Å². The van der Waals surface area contributed by atoms with Gasteiger partial charge in [-0.05, 0) is 111 Å². The smallest absolute Gasteiger partial charge is 0.0640 e. The molecule has 0 saturated heterocycles. The van der Waals surface area contributed by atoms with Crippen molar-refractivity contribution < 1.29 is 0 Å². The van der Waals surface area contributed by atoms with E-state index in [0.29, 0.717) is 0 Å². The van der Waals surface area contributed by atoms with Gasteiger partial charge >= 0.3 is 0 Å². The molecule has 0 bridgehead atoms. The maximum atomic E-state index is 2.46. The first-order chi connectivity index (χ1) is 29.5. The van der Waals surface area contributed by atoms with Crippen molar-refractivity contribution in [1.82, 2.24) is 4.57 Å². The highest BCUT2D eigenvalue weighted by molar-refractivity contribution is 7.26.